The van der Waals surface area contributed by atoms with Crippen LogP contribution in [0.1, 0.15) is 62.8 Å². The lowest BCUT2D eigenvalue weighted by atomic mass is 9.88. The van der Waals surface area contributed by atoms with Crippen LogP contribution in [0, 0.1) is 11.8 Å². The molecule has 29 heavy (non-hydrogen) atoms. The number of aliphatic carboxylic acids is 1. The first-order valence-corrected chi connectivity index (χ1v) is 10.4. The van der Waals surface area contributed by atoms with Gasteiger partial charge < -0.3 is 9.84 Å². The van der Waals surface area contributed by atoms with Crippen LogP contribution < -0.4 is 4.74 Å². The van der Waals surface area contributed by atoms with Gasteiger partial charge in [-0.25, -0.2) is 0 Å². The Morgan fingerprint density at radius 1 is 1.00 bits per heavy atom. The first kappa shape index (κ1) is 21.1. The first-order valence-electron chi connectivity index (χ1n) is 10.4. The second-order valence-electron chi connectivity index (χ2n) is 8.77. The summed E-state index contributed by atoms with van der Waals surface area (Å²) in [5, 5.41) is 8.91. The Morgan fingerprint density at radius 2 is 1.69 bits per heavy atom. The fraction of sp³-hybridized carbons (Fsp3) is 0.440. The average Bonchev–Trinajstić information content (AvgIpc) is 3.00. The number of hydrogen-bond acceptors (Lipinski definition) is 3. The Kier molecular flexibility index (Phi) is 6.41. The third-order valence-electron chi connectivity index (χ3n) is 5.25. The molecule has 4 nitrogen and oxygen atoms in total. The molecule has 3 rings (SSSR count). The molecule has 1 N–H and O–H groups in total. The molecule has 0 unspecified atom stereocenters. The van der Waals surface area contributed by atoms with E-state index in [9.17, 15) is 9.59 Å². The average molecular weight is 395 g/mol. The van der Waals surface area contributed by atoms with Crippen molar-refractivity contribution in [2.45, 2.75) is 59.8 Å². The number of carboxylic acids is 1. The van der Waals surface area contributed by atoms with Crippen LogP contribution in [0.4, 0.5) is 0 Å². The fourth-order valence-electron chi connectivity index (χ4n) is 4.09. The molecule has 4 heteroatoms. The lowest BCUT2D eigenvalue weighted by molar-refractivity contribution is -0.142. The van der Waals surface area contributed by atoms with E-state index in [2.05, 4.69) is 45.9 Å². The van der Waals surface area contributed by atoms with Gasteiger partial charge in [-0.1, -0.05) is 58.0 Å². The van der Waals surface area contributed by atoms with E-state index < -0.39 is 11.9 Å². The second kappa shape index (κ2) is 8.81. The largest absolute Gasteiger partial charge is 0.481 e. The molecule has 2 aromatic carbocycles. The SMILES string of the molecule is CC(C)Cc1cc2c(c(OC(=O)CCC(=O)O)c1CC(C)C)Cc1ccccc1-2. The van der Waals surface area contributed by atoms with Gasteiger partial charge >= 0.3 is 11.9 Å². The number of benzene rings is 2. The molecule has 0 saturated carbocycles. The first-order chi connectivity index (χ1) is 13.8. The highest BCUT2D eigenvalue weighted by Crippen LogP contribution is 2.45. The Hall–Kier alpha value is -2.62. The summed E-state index contributed by atoms with van der Waals surface area (Å²) < 4.78 is 5.89. The smallest absolute Gasteiger partial charge is 0.311 e. The summed E-state index contributed by atoms with van der Waals surface area (Å²) >= 11 is 0. The van der Waals surface area contributed by atoms with E-state index >= 15 is 0 Å². The van der Waals surface area contributed by atoms with Gasteiger partial charge in [0.15, 0.2) is 0 Å². The highest BCUT2D eigenvalue weighted by Gasteiger charge is 2.28. The lowest BCUT2D eigenvalue weighted by Crippen LogP contribution is -2.15. The topological polar surface area (TPSA) is 63.6 Å². The fourth-order valence-corrected chi connectivity index (χ4v) is 4.09. The van der Waals surface area contributed by atoms with Gasteiger partial charge in [0, 0.05) is 12.0 Å². The maximum Gasteiger partial charge on any atom is 0.311 e. The van der Waals surface area contributed by atoms with Crippen LogP contribution in [0.5, 0.6) is 5.75 Å². The highest BCUT2D eigenvalue weighted by atomic mass is 16.5. The molecule has 1 aliphatic rings. The quantitative estimate of drug-likeness (QED) is 0.409. The van der Waals surface area contributed by atoms with Crippen LogP contribution >= 0.6 is 0 Å². The summed E-state index contributed by atoms with van der Waals surface area (Å²) in [6.07, 6.45) is 2.14. The van der Waals surface area contributed by atoms with Crippen molar-refractivity contribution in [3.63, 3.8) is 0 Å². The summed E-state index contributed by atoms with van der Waals surface area (Å²) in [7, 11) is 0. The lowest BCUT2D eigenvalue weighted by Gasteiger charge is -2.21. The molecular formula is C25H30O4. The standard InChI is InChI=1S/C25H30O4/c1-15(2)11-18-14-21-19-8-6-5-7-17(19)13-22(21)25(20(18)12-16(3)4)29-24(28)10-9-23(26)27/h5-8,14-16H,9-13H2,1-4H3,(H,26,27). The monoisotopic (exact) mass is 394 g/mol. The van der Waals surface area contributed by atoms with Gasteiger partial charge in [0.25, 0.3) is 0 Å². The van der Waals surface area contributed by atoms with Crippen molar-refractivity contribution >= 4 is 11.9 Å². The van der Waals surface area contributed by atoms with Crippen molar-refractivity contribution in [1.82, 2.24) is 0 Å². The number of esters is 1. The molecule has 0 aliphatic heterocycles. The molecule has 0 fully saturated rings. The van der Waals surface area contributed by atoms with Crippen molar-refractivity contribution in [1.29, 1.82) is 0 Å². The molecule has 0 saturated heterocycles. The van der Waals surface area contributed by atoms with Crippen LogP contribution in [0.2, 0.25) is 0 Å². The third-order valence-corrected chi connectivity index (χ3v) is 5.25. The summed E-state index contributed by atoms with van der Waals surface area (Å²) in [4.78, 5) is 23.3. The molecule has 0 aromatic heterocycles. The van der Waals surface area contributed by atoms with Crippen molar-refractivity contribution < 1.29 is 19.4 Å². The predicted octanol–water partition coefficient (Wildman–Crippen LogP) is 5.43. The Bertz CT molecular complexity index is 925. The van der Waals surface area contributed by atoms with Gasteiger partial charge in [-0.05, 0) is 52.5 Å². The number of carbonyl (C=O) groups is 2. The van der Waals surface area contributed by atoms with Crippen molar-refractivity contribution in [3.8, 4) is 16.9 Å². The Morgan fingerprint density at radius 3 is 2.34 bits per heavy atom. The predicted molar refractivity (Wildman–Crippen MR) is 114 cm³/mol. The maximum absolute atomic E-state index is 12.5. The van der Waals surface area contributed by atoms with Gasteiger partial charge in [-0.15, -0.1) is 0 Å². The van der Waals surface area contributed by atoms with E-state index in [-0.39, 0.29) is 12.8 Å². The second-order valence-corrected chi connectivity index (χ2v) is 8.77. The zero-order chi connectivity index (χ0) is 21.1. The number of carbonyl (C=O) groups excluding carboxylic acids is 1. The molecule has 0 spiro atoms. The van der Waals surface area contributed by atoms with E-state index in [0.29, 0.717) is 17.6 Å². The van der Waals surface area contributed by atoms with Crippen LogP contribution in [0.3, 0.4) is 0 Å². The number of fused-ring (bicyclic) bond motifs is 3. The van der Waals surface area contributed by atoms with Gasteiger partial charge in [0.2, 0.25) is 0 Å². The van der Waals surface area contributed by atoms with Gasteiger partial charge in [-0.3, -0.25) is 9.59 Å². The maximum atomic E-state index is 12.5. The highest BCUT2D eigenvalue weighted by molar-refractivity contribution is 5.84. The molecule has 0 bridgehead atoms. The molecule has 0 atom stereocenters. The van der Waals surface area contributed by atoms with Crippen LogP contribution in [0.25, 0.3) is 11.1 Å². The minimum Gasteiger partial charge on any atom is -0.481 e. The van der Waals surface area contributed by atoms with Gasteiger partial charge in [0.05, 0.1) is 12.8 Å². The summed E-state index contributed by atoms with van der Waals surface area (Å²) in [5.74, 6) is 0.0941. The summed E-state index contributed by atoms with van der Waals surface area (Å²) in [6.45, 7) is 8.71. The summed E-state index contributed by atoms with van der Waals surface area (Å²) in [5.41, 5.74) is 6.96. The number of rotatable bonds is 8. The number of ether oxygens (including phenoxy) is 1. The zero-order valence-electron chi connectivity index (χ0n) is 17.7. The molecule has 0 heterocycles. The minimum atomic E-state index is -0.990. The van der Waals surface area contributed by atoms with Crippen LogP contribution in [-0.4, -0.2) is 17.0 Å². The Balaban J connectivity index is 2.11. The molecular weight excluding hydrogens is 364 g/mol. The zero-order valence-corrected chi connectivity index (χ0v) is 17.7. The van der Waals surface area contributed by atoms with E-state index in [4.69, 9.17) is 9.84 Å². The molecule has 1 aliphatic carbocycles. The molecule has 0 amide bonds. The van der Waals surface area contributed by atoms with E-state index in [1.54, 1.807) is 0 Å². The van der Waals surface area contributed by atoms with Crippen molar-refractivity contribution in [2.24, 2.45) is 11.8 Å². The normalized spacial score (nSPS) is 12.2. The van der Waals surface area contributed by atoms with E-state index in [1.807, 2.05) is 12.1 Å². The van der Waals surface area contributed by atoms with E-state index in [1.165, 1.54) is 16.7 Å². The number of hydrogen-bond donors (Lipinski definition) is 1. The van der Waals surface area contributed by atoms with Crippen LogP contribution in [-0.2, 0) is 28.9 Å². The van der Waals surface area contributed by atoms with E-state index in [0.717, 1.165) is 36.0 Å². The number of carboxylic acid groups (broad SMARTS) is 1. The molecule has 0 radical (unpaired) electrons. The van der Waals surface area contributed by atoms with Gasteiger partial charge in [-0.2, -0.15) is 0 Å². The molecule has 2 aromatic rings. The summed E-state index contributed by atoms with van der Waals surface area (Å²) in [6, 6.07) is 10.6. The Labute approximate surface area is 172 Å². The molecule has 154 valence electrons. The van der Waals surface area contributed by atoms with Crippen LogP contribution in [0.15, 0.2) is 30.3 Å². The third kappa shape index (κ3) is 4.87. The van der Waals surface area contributed by atoms with Crippen molar-refractivity contribution in [3.05, 3.63) is 52.6 Å². The van der Waals surface area contributed by atoms with Gasteiger partial charge in [0.1, 0.15) is 5.75 Å². The van der Waals surface area contributed by atoms with Crippen molar-refractivity contribution in [2.75, 3.05) is 0 Å². The minimum absolute atomic E-state index is 0.118.